The number of hydrogen-bond acceptors (Lipinski definition) is 7. The lowest BCUT2D eigenvalue weighted by Crippen LogP contribution is -2.27. The first kappa shape index (κ1) is 21.8. The highest BCUT2D eigenvalue weighted by atomic mass is 35.5. The lowest BCUT2D eigenvalue weighted by atomic mass is 9.81. The average Bonchev–Trinajstić information content (AvgIpc) is 3.09. The van der Waals surface area contributed by atoms with Gasteiger partial charge in [0, 0.05) is 0 Å². The Morgan fingerprint density at radius 3 is 2.68 bits per heavy atom. The molecule has 166 valence electrons. The Balaban J connectivity index is 1.34. The molecule has 2 heterocycles. The van der Waals surface area contributed by atoms with Crippen molar-refractivity contribution >= 4 is 23.2 Å². The highest BCUT2D eigenvalue weighted by Crippen LogP contribution is 2.38. The van der Waals surface area contributed by atoms with Gasteiger partial charge in [-0.3, -0.25) is 4.68 Å². The molecule has 0 aliphatic heterocycles. The number of anilines is 2. The molecule has 31 heavy (non-hydrogen) atoms. The van der Waals surface area contributed by atoms with Crippen molar-refractivity contribution in [2.75, 3.05) is 25.5 Å². The summed E-state index contributed by atoms with van der Waals surface area (Å²) in [5.41, 5.74) is 1.84. The zero-order valence-electron chi connectivity index (χ0n) is 18.1. The van der Waals surface area contributed by atoms with Crippen LogP contribution < -0.4 is 15.4 Å². The molecule has 4 rings (SSSR count). The molecule has 0 unspecified atom stereocenters. The second-order valence-corrected chi connectivity index (χ2v) is 9.17. The number of nitriles is 1. The third-order valence-corrected chi connectivity index (χ3v) is 6.82. The van der Waals surface area contributed by atoms with Gasteiger partial charge in [0.15, 0.2) is 0 Å². The van der Waals surface area contributed by atoms with Gasteiger partial charge in [-0.1, -0.05) is 11.6 Å². The molecule has 9 heteroatoms. The van der Waals surface area contributed by atoms with E-state index in [4.69, 9.17) is 21.6 Å². The molecule has 2 saturated carbocycles. The molecule has 2 aliphatic rings. The number of aromatic nitrogens is 4. The van der Waals surface area contributed by atoms with E-state index in [1.165, 1.54) is 25.7 Å². The molecule has 2 N–H and O–H groups in total. The minimum Gasteiger partial charge on any atom is -0.476 e. The minimum atomic E-state index is 0.141. The van der Waals surface area contributed by atoms with E-state index in [0.29, 0.717) is 29.4 Å². The molecular weight excluding hydrogens is 414 g/mol. The minimum absolute atomic E-state index is 0.141. The summed E-state index contributed by atoms with van der Waals surface area (Å²) in [6.45, 7) is 3.73. The molecule has 2 aliphatic carbocycles. The SMILES string of the molecule is CNCC1CCC(COc2nc(Nc3cnn(C4CC(C#N)C4)c3C)ncc2Cl)CC1. The average molecular weight is 444 g/mol. The largest absolute Gasteiger partial charge is 0.476 e. The van der Waals surface area contributed by atoms with Crippen molar-refractivity contribution in [1.29, 1.82) is 5.26 Å². The van der Waals surface area contributed by atoms with Crippen molar-refractivity contribution in [1.82, 2.24) is 25.1 Å². The highest BCUT2D eigenvalue weighted by Gasteiger charge is 2.32. The van der Waals surface area contributed by atoms with Crippen LogP contribution >= 0.6 is 11.6 Å². The summed E-state index contributed by atoms with van der Waals surface area (Å²) in [4.78, 5) is 8.78. The van der Waals surface area contributed by atoms with Crippen LogP contribution in [0.25, 0.3) is 0 Å². The molecule has 0 saturated heterocycles. The maximum Gasteiger partial charge on any atom is 0.237 e. The van der Waals surface area contributed by atoms with E-state index < -0.39 is 0 Å². The van der Waals surface area contributed by atoms with Crippen molar-refractivity contribution < 1.29 is 4.74 Å². The first-order valence-corrected chi connectivity index (χ1v) is 11.5. The Morgan fingerprint density at radius 2 is 1.97 bits per heavy atom. The maximum absolute atomic E-state index is 8.99. The molecule has 0 bridgehead atoms. The van der Waals surface area contributed by atoms with Crippen molar-refractivity contribution in [2.24, 2.45) is 17.8 Å². The van der Waals surface area contributed by atoms with Crippen LogP contribution in [0.3, 0.4) is 0 Å². The zero-order chi connectivity index (χ0) is 21.8. The molecule has 0 radical (unpaired) electrons. The number of nitrogens with one attached hydrogen (secondary N) is 2. The van der Waals surface area contributed by atoms with Crippen LogP contribution in [0.5, 0.6) is 5.88 Å². The van der Waals surface area contributed by atoms with Crippen LogP contribution in [0.2, 0.25) is 5.02 Å². The van der Waals surface area contributed by atoms with Crippen LogP contribution in [0, 0.1) is 36.0 Å². The zero-order valence-corrected chi connectivity index (χ0v) is 18.9. The summed E-state index contributed by atoms with van der Waals surface area (Å²) in [5, 5.41) is 20.4. The van der Waals surface area contributed by atoms with Gasteiger partial charge in [0.25, 0.3) is 0 Å². The first-order valence-electron chi connectivity index (χ1n) is 11.1. The van der Waals surface area contributed by atoms with Gasteiger partial charge in [-0.2, -0.15) is 15.3 Å². The van der Waals surface area contributed by atoms with Crippen LogP contribution in [-0.2, 0) is 0 Å². The number of nitrogens with zero attached hydrogens (tertiary/aromatic N) is 5. The van der Waals surface area contributed by atoms with Crippen molar-refractivity contribution in [3.63, 3.8) is 0 Å². The summed E-state index contributed by atoms with van der Waals surface area (Å²) in [5.74, 6) is 2.30. The summed E-state index contributed by atoms with van der Waals surface area (Å²) >= 11 is 6.28. The summed E-state index contributed by atoms with van der Waals surface area (Å²) in [6.07, 6.45) is 9.86. The monoisotopic (exact) mass is 443 g/mol. The van der Waals surface area contributed by atoms with Gasteiger partial charge in [-0.15, -0.1) is 0 Å². The fourth-order valence-corrected chi connectivity index (χ4v) is 4.67. The number of ether oxygens (including phenoxy) is 1. The van der Waals surface area contributed by atoms with Crippen LogP contribution in [-0.4, -0.2) is 39.9 Å². The van der Waals surface area contributed by atoms with E-state index >= 15 is 0 Å². The Labute approximate surface area is 188 Å². The fraction of sp³-hybridized carbons (Fsp3) is 0.636. The third kappa shape index (κ3) is 5.10. The Bertz CT molecular complexity index is 926. The van der Waals surface area contributed by atoms with Crippen LogP contribution in [0.15, 0.2) is 12.4 Å². The summed E-state index contributed by atoms with van der Waals surface area (Å²) in [7, 11) is 2.02. The summed E-state index contributed by atoms with van der Waals surface area (Å²) < 4.78 is 7.96. The number of rotatable bonds is 8. The van der Waals surface area contributed by atoms with Gasteiger partial charge >= 0.3 is 0 Å². The topological polar surface area (TPSA) is 101 Å². The predicted molar refractivity (Wildman–Crippen MR) is 120 cm³/mol. The van der Waals surface area contributed by atoms with E-state index in [9.17, 15) is 0 Å². The molecule has 0 amide bonds. The lowest BCUT2D eigenvalue weighted by molar-refractivity contribution is 0.178. The first-order chi connectivity index (χ1) is 15.1. The van der Waals surface area contributed by atoms with Gasteiger partial charge < -0.3 is 15.4 Å². The predicted octanol–water partition coefficient (Wildman–Crippen LogP) is 4.26. The van der Waals surface area contributed by atoms with Crippen LogP contribution in [0.1, 0.15) is 50.3 Å². The number of halogens is 1. The van der Waals surface area contributed by atoms with Gasteiger partial charge in [0.05, 0.1) is 48.4 Å². The third-order valence-electron chi connectivity index (χ3n) is 6.56. The van der Waals surface area contributed by atoms with E-state index in [1.807, 2.05) is 18.7 Å². The Kier molecular flexibility index (Phi) is 6.93. The number of hydrogen-bond donors (Lipinski definition) is 2. The normalized spacial score (nSPS) is 25.5. The van der Waals surface area contributed by atoms with Gasteiger partial charge in [0.2, 0.25) is 11.8 Å². The second kappa shape index (κ2) is 9.84. The van der Waals surface area contributed by atoms with Crippen molar-refractivity contribution in [3.05, 3.63) is 23.1 Å². The van der Waals surface area contributed by atoms with E-state index in [0.717, 1.165) is 36.7 Å². The van der Waals surface area contributed by atoms with E-state index in [-0.39, 0.29) is 12.0 Å². The molecule has 0 aromatic carbocycles. The standard InChI is InChI=1S/C22H30ClN7O/c1-14-20(12-27-30(14)18-7-17(8-18)9-24)28-22-26-11-19(23)21(29-22)31-13-16-5-3-15(4-6-16)10-25-2/h11-12,15-18,25H,3-8,10,13H2,1-2H3,(H,26,28,29). The maximum atomic E-state index is 8.99. The van der Waals surface area contributed by atoms with Crippen molar-refractivity contribution in [3.8, 4) is 11.9 Å². The molecule has 2 fully saturated rings. The summed E-state index contributed by atoms with van der Waals surface area (Å²) in [6, 6.07) is 2.60. The molecular formula is C22H30ClN7O. The lowest BCUT2D eigenvalue weighted by Gasteiger charge is -2.31. The second-order valence-electron chi connectivity index (χ2n) is 8.77. The van der Waals surface area contributed by atoms with E-state index in [1.54, 1.807) is 12.4 Å². The fourth-order valence-electron chi connectivity index (χ4n) is 4.53. The molecule has 2 aromatic rings. The Morgan fingerprint density at radius 1 is 1.23 bits per heavy atom. The van der Waals surface area contributed by atoms with Gasteiger partial charge in [0.1, 0.15) is 5.02 Å². The van der Waals surface area contributed by atoms with Crippen LogP contribution in [0.4, 0.5) is 11.6 Å². The smallest absolute Gasteiger partial charge is 0.237 e. The molecule has 0 spiro atoms. The van der Waals surface area contributed by atoms with Crippen molar-refractivity contribution in [2.45, 2.75) is 51.5 Å². The Hall–Kier alpha value is -2.37. The highest BCUT2D eigenvalue weighted by molar-refractivity contribution is 6.31. The molecule has 8 nitrogen and oxygen atoms in total. The van der Waals surface area contributed by atoms with Gasteiger partial charge in [-0.25, -0.2) is 4.98 Å². The quantitative estimate of drug-likeness (QED) is 0.628. The molecule has 2 aromatic heterocycles. The van der Waals surface area contributed by atoms with Gasteiger partial charge in [-0.05, 0) is 70.9 Å². The molecule has 0 atom stereocenters. The van der Waals surface area contributed by atoms with E-state index in [2.05, 4.69) is 31.8 Å².